The Morgan fingerprint density at radius 3 is 2.25 bits per heavy atom. The lowest BCUT2D eigenvalue weighted by Crippen LogP contribution is -2.62. The van der Waals surface area contributed by atoms with E-state index in [0.717, 1.165) is 5.56 Å². The second kappa shape index (κ2) is 9.58. The van der Waals surface area contributed by atoms with Gasteiger partial charge in [-0.05, 0) is 34.3 Å². The summed E-state index contributed by atoms with van der Waals surface area (Å²) in [4.78, 5) is 52.0. The zero-order valence-electron chi connectivity index (χ0n) is 24.1. The standard InChI is InChI=1S/C31H39NO8/c1-8-14(33)9-16-17-11-19(34)22(29(32)39)27(37)31(17,40)28(38)24-21(16)13(4)20-15(12(2)3)10-18(30(5,6)7)25(35)23(20)26(24)36/h10,12-13,16-17,21,35-37,40H,8-9,11H2,1-7H3,(H2,32,39)/t13-,16+,17+,21-,31+/m0/s1. The number of aliphatic hydroxyl groups is 3. The number of Topliss-reactive ketones (excluding diaryl/α,β-unsaturated/α-hetero) is 3. The highest BCUT2D eigenvalue weighted by Crippen LogP contribution is 2.60. The van der Waals surface area contributed by atoms with Crippen LogP contribution in [0.15, 0.2) is 23.0 Å². The van der Waals surface area contributed by atoms with Crippen molar-refractivity contribution in [3.8, 4) is 5.75 Å². The number of aromatic hydroxyl groups is 1. The van der Waals surface area contributed by atoms with Gasteiger partial charge in [-0.3, -0.25) is 19.2 Å². The Balaban J connectivity index is 2.13. The van der Waals surface area contributed by atoms with Gasteiger partial charge in [0.1, 0.15) is 28.6 Å². The zero-order valence-corrected chi connectivity index (χ0v) is 24.1. The van der Waals surface area contributed by atoms with Crippen LogP contribution in [0.2, 0.25) is 0 Å². The fraction of sp³-hybridized carbons (Fsp3) is 0.548. The molecule has 0 unspecified atom stereocenters. The van der Waals surface area contributed by atoms with Gasteiger partial charge in [-0.1, -0.05) is 54.5 Å². The smallest absolute Gasteiger partial charge is 0.255 e. The number of phenolic OH excluding ortho intramolecular Hbond substituents is 1. The van der Waals surface area contributed by atoms with Crippen LogP contribution in [0.25, 0.3) is 5.76 Å². The van der Waals surface area contributed by atoms with Gasteiger partial charge in [-0.25, -0.2) is 0 Å². The number of ketones is 3. The van der Waals surface area contributed by atoms with E-state index in [4.69, 9.17) is 5.73 Å². The molecule has 0 heterocycles. The fourth-order valence-corrected chi connectivity index (χ4v) is 7.12. The summed E-state index contributed by atoms with van der Waals surface area (Å²) in [6, 6.07) is 1.92. The molecule has 6 N–H and O–H groups in total. The van der Waals surface area contributed by atoms with Crippen molar-refractivity contribution in [1.82, 2.24) is 0 Å². The quantitative estimate of drug-likeness (QED) is 0.340. The van der Waals surface area contributed by atoms with Crippen molar-refractivity contribution in [2.75, 3.05) is 0 Å². The summed E-state index contributed by atoms with van der Waals surface area (Å²) >= 11 is 0. The highest BCUT2D eigenvalue weighted by atomic mass is 16.3. The molecule has 0 bridgehead atoms. The molecule has 0 saturated heterocycles. The number of carbonyl (C=O) groups is 4. The maximum absolute atomic E-state index is 14.2. The molecule has 0 aromatic heterocycles. The van der Waals surface area contributed by atoms with Gasteiger partial charge in [-0.15, -0.1) is 0 Å². The Morgan fingerprint density at radius 2 is 1.75 bits per heavy atom. The second-order valence-corrected chi connectivity index (χ2v) is 12.8. The van der Waals surface area contributed by atoms with E-state index >= 15 is 0 Å². The molecule has 9 nitrogen and oxygen atoms in total. The molecule has 1 aromatic carbocycles. The van der Waals surface area contributed by atoms with Crippen LogP contribution < -0.4 is 5.73 Å². The first-order chi connectivity index (χ1) is 18.4. The zero-order chi connectivity index (χ0) is 30.2. The summed E-state index contributed by atoms with van der Waals surface area (Å²) in [5, 5.41) is 46.2. The van der Waals surface area contributed by atoms with Crippen molar-refractivity contribution in [3.05, 3.63) is 45.2 Å². The minimum atomic E-state index is -2.76. The number of aliphatic hydroxyl groups excluding tert-OH is 2. The number of carbonyl (C=O) groups excluding carboxylic acids is 4. The van der Waals surface area contributed by atoms with E-state index in [2.05, 4.69) is 0 Å². The minimum Gasteiger partial charge on any atom is -0.508 e. The topological polar surface area (TPSA) is 175 Å². The monoisotopic (exact) mass is 553 g/mol. The van der Waals surface area contributed by atoms with Crippen LogP contribution in [0, 0.1) is 17.8 Å². The Kier molecular flexibility index (Phi) is 7.07. The van der Waals surface area contributed by atoms with Crippen molar-refractivity contribution < 1.29 is 39.6 Å². The molecule has 1 amide bonds. The molecule has 216 valence electrons. The number of fused-ring (bicyclic) bond motifs is 3. The number of phenols is 1. The van der Waals surface area contributed by atoms with Crippen molar-refractivity contribution in [3.63, 3.8) is 0 Å². The maximum atomic E-state index is 14.2. The first kappa shape index (κ1) is 29.5. The van der Waals surface area contributed by atoms with Crippen LogP contribution in [0.3, 0.4) is 0 Å². The Bertz CT molecular complexity index is 1410. The molecule has 40 heavy (non-hydrogen) atoms. The van der Waals surface area contributed by atoms with E-state index < -0.39 is 75.7 Å². The van der Waals surface area contributed by atoms with E-state index in [1.807, 2.05) is 47.6 Å². The predicted molar refractivity (Wildman–Crippen MR) is 148 cm³/mol. The number of hydrogen-bond donors (Lipinski definition) is 5. The number of amides is 1. The van der Waals surface area contributed by atoms with Crippen molar-refractivity contribution in [2.24, 2.45) is 23.5 Å². The molecular formula is C31H39NO8. The molecule has 0 radical (unpaired) electrons. The van der Waals surface area contributed by atoms with Gasteiger partial charge in [0, 0.05) is 42.2 Å². The SMILES string of the molecule is CCC(=O)C[C@H]1[C@H]2C(=C(O)c3c(O)c(C(C)(C)C)cc(C(C)C)c3[C@@H]2C)C(=O)[C@]2(O)C(O)=C(C(N)=O)C(=O)C[C@H]12. The molecule has 0 aliphatic heterocycles. The summed E-state index contributed by atoms with van der Waals surface area (Å²) in [6.07, 6.45) is -0.456. The van der Waals surface area contributed by atoms with Gasteiger partial charge in [0.05, 0.1) is 5.56 Å². The molecule has 0 spiro atoms. The van der Waals surface area contributed by atoms with E-state index in [-0.39, 0.29) is 41.4 Å². The largest absolute Gasteiger partial charge is 0.508 e. The van der Waals surface area contributed by atoms with Gasteiger partial charge < -0.3 is 26.2 Å². The number of primary amides is 1. The van der Waals surface area contributed by atoms with Crippen LogP contribution in [0.4, 0.5) is 0 Å². The first-order valence-corrected chi connectivity index (χ1v) is 13.8. The summed E-state index contributed by atoms with van der Waals surface area (Å²) in [5.74, 6) is -8.71. The molecule has 9 heteroatoms. The molecule has 5 atom stereocenters. The normalized spacial score (nSPS) is 28.4. The Labute approximate surface area is 233 Å². The Hall–Kier alpha value is -3.46. The fourth-order valence-electron chi connectivity index (χ4n) is 7.12. The average Bonchev–Trinajstić information content (AvgIpc) is 2.84. The summed E-state index contributed by atoms with van der Waals surface area (Å²) in [7, 11) is 0. The molecule has 1 aromatic rings. The number of nitrogens with two attached hydrogens (primary N) is 1. The molecule has 4 rings (SSSR count). The molecule has 1 fully saturated rings. The Morgan fingerprint density at radius 1 is 1.15 bits per heavy atom. The van der Waals surface area contributed by atoms with Crippen LogP contribution in [0.1, 0.15) is 102 Å². The van der Waals surface area contributed by atoms with Crippen LogP contribution >= 0.6 is 0 Å². The van der Waals surface area contributed by atoms with Gasteiger partial charge in [0.15, 0.2) is 11.4 Å². The second-order valence-electron chi connectivity index (χ2n) is 12.8. The third-order valence-corrected chi connectivity index (χ3v) is 9.11. The molecular weight excluding hydrogens is 514 g/mol. The molecule has 1 saturated carbocycles. The minimum absolute atomic E-state index is 0.0273. The predicted octanol–water partition coefficient (Wildman–Crippen LogP) is 4.00. The summed E-state index contributed by atoms with van der Waals surface area (Å²) in [6.45, 7) is 13.2. The maximum Gasteiger partial charge on any atom is 0.255 e. The highest BCUT2D eigenvalue weighted by molar-refractivity contribution is 6.23. The van der Waals surface area contributed by atoms with Crippen LogP contribution in [-0.2, 0) is 24.6 Å². The number of benzene rings is 1. The van der Waals surface area contributed by atoms with Gasteiger partial charge in [0.25, 0.3) is 5.91 Å². The van der Waals surface area contributed by atoms with Crippen molar-refractivity contribution >= 4 is 29.0 Å². The third-order valence-electron chi connectivity index (χ3n) is 9.11. The number of rotatable bonds is 5. The lowest BCUT2D eigenvalue weighted by molar-refractivity contribution is -0.155. The average molecular weight is 554 g/mol. The lowest BCUT2D eigenvalue weighted by atomic mass is 9.51. The van der Waals surface area contributed by atoms with E-state index in [1.54, 1.807) is 6.92 Å². The van der Waals surface area contributed by atoms with Crippen LogP contribution in [0.5, 0.6) is 5.75 Å². The summed E-state index contributed by atoms with van der Waals surface area (Å²) < 4.78 is 0. The third kappa shape index (κ3) is 4.00. The molecule has 3 aliphatic carbocycles. The van der Waals surface area contributed by atoms with Gasteiger partial charge in [0.2, 0.25) is 5.78 Å². The van der Waals surface area contributed by atoms with E-state index in [1.165, 1.54) is 0 Å². The van der Waals surface area contributed by atoms with Crippen molar-refractivity contribution in [1.29, 1.82) is 0 Å². The van der Waals surface area contributed by atoms with E-state index in [9.17, 15) is 39.6 Å². The number of hydrogen-bond acceptors (Lipinski definition) is 8. The van der Waals surface area contributed by atoms with Gasteiger partial charge >= 0.3 is 0 Å². The highest BCUT2D eigenvalue weighted by Gasteiger charge is 2.65. The van der Waals surface area contributed by atoms with Crippen LogP contribution in [-0.4, -0.2) is 49.3 Å². The van der Waals surface area contributed by atoms with E-state index in [0.29, 0.717) is 11.1 Å². The van der Waals surface area contributed by atoms with Crippen molar-refractivity contribution in [2.45, 2.75) is 90.6 Å². The lowest BCUT2D eigenvalue weighted by Gasteiger charge is -2.52. The van der Waals surface area contributed by atoms with Gasteiger partial charge in [-0.2, -0.15) is 0 Å². The first-order valence-electron chi connectivity index (χ1n) is 13.8. The summed E-state index contributed by atoms with van der Waals surface area (Å²) in [5.41, 5.74) is 3.08. The molecule has 3 aliphatic rings.